The van der Waals surface area contributed by atoms with Crippen LogP contribution in [0.3, 0.4) is 0 Å². The summed E-state index contributed by atoms with van der Waals surface area (Å²) in [6.07, 6.45) is 4.68. The van der Waals surface area contributed by atoms with Gasteiger partial charge >= 0.3 is 0 Å². The third kappa shape index (κ3) is 4.86. The highest BCUT2D eigenvalue weighted by molar-refractivity contribution is 5.92. The molecule has 0 spiro atoms. The molecule has 2 heterocycles. The van der Waals surface area contributed by atoms with Gasteiger partial charge in [-0.2, -0.15) is 0 Å². The number of benzene rings is 2. The molecular formula is C24H28N4O. The average Bonchev–Trinajstić information content (AvgIpc) is 2.75. The van der Waals surface area contributed by atoms with E-state index in [1.807, 2.05) is 42.5 Å². The second kappa shape index (κ2) is 8.95. The minimum Gasteiger partial charge on any atom is -0.383 e. The lowest BCUT2D eigenvalue weighted by Crippen LogP contribution is -2.32. The SMILES string of the molecule is CC1CCN(c2ccc(NC(=O)CCNc3cccc4cccnc34)cc2)CC1. The summed E-state index contributed by atoms with van der Waals surface area (Å²) < 4.78 is 0. The maximum Gasteiger partial charge on any atom is 0.226 e. The number of fused-ring (bicyclic) bond motifs is 1. The Morgan fingerprint density at radius 3 is 2.62 bits per heavy atom. The first-order chi connectivity index (χ1) is 14.2. The second-order valence-electron chi connectivity index (χ2n) is 7.82. The Labute approximate surface area is 172 Å². The van der Waals surface area contributed by atoms with Gasteiger partial charge in [-0.25, -0.2) is 0 Å². The Kier molecular flexibility index (Phi) is 5.94. The normalized spacial score (nSPS) is 14.7. The van der Waals surface area contributed by atoms with Crippen molar-refractivity contribution in [1.29, 1.82) is 0 Å². The molecule has 2 N–H and O–H groups in total. The van der Waals surface area contributed by atoms with Gasteiger partial charge in [-0.05, 0) is 55.2 Å². The van der Waals surface area contributed by atoms with Crippen LogP contribution in [0.15, 0.2) is 60.8 Å². The van der Waals surface area contributed by atoms with Crippen LogP contribution >= 0.6 is 0 Å². The monoisotopic (exact) mass is 388 g/mol. The van der Waals surface area contributed by atoms with Crippen molar-refractivity contribution in [3.05, 3.63) is 60.8 Å². The number of piperidine rings is 1. The van der Waals surface area contributed by atoms with Crippen molar-refractivity contribution in [2.24, 2.45) is 5.92 Å². The van der Waals surface area contributed by atoms with Crippen LogP contribution in [-0.2, 0) is 4.79 Å². The zero-order valence-corrected chi connectivity index (χ0v) is 16.9. The number of aromatic nitrogens is 1. The van der Waals surface area contributed by atoms with E-state index in [0.29, 0.717) is 13.0 Å². The van der Waals surface area contributed by atoms with E-state index in [1.54, 1.807) is 6.20 Å². The molecule has 0 bridgehead atoms. The molecule has 150 valence electrons. The number of rotatable bonds is 6. The molecule has 29 heavy (non-hydrogen) atoms. The third-order valence-electron chi connectivity index (χ3n) is 5.60. The van der Waals surface area contributed by atoms with Crippen LogP contribution in [0.25, 0.3) is 10.9 Å². The van der Waals surface area contributed by atoms with Crippen LogP contribution in [-0.4, -0.2) is 30.5 Å². The quantitative estimate of drug-likeness (QED) is 0.630. The lowest BCUT2D eigenvalue weighted by Gasteiger charge is -2.32. The Balaban J connectivity index is 1.27. The van der Waals surface area contributed by atoms with E-state index in [9.17, 15) is 4.79 Å². The van der Waals surface area contributed by atoms with Gasteiger partial charge in [-0.1, -0.05) is 25.1 Å². The fourth-order valence-electron chi connectivity index (χ4n) is 3.80. The van der Waals surface area contributed by atoms with Gasteiger partial charge in [0.25, 0.3) is 0 Å². The van der Waals surface area contributed by atoms with Gasteiger partial charge in [-0.3, -0.25) is 9.78 Å². The maximum atomic E-state index is 12.3. The number of carbonyl (C=O) groups excluding carboxylic acids is 1. The lowest BCUT2D eigenvalue weighted by atomic mass is 9.99. The molecule has 0 atom stereocenters. The third-order valence-corrected chi connectivity index (χ3v) is 5.60. The zero-order valence-electron chi connectivity index (χ0n) is 16.9. The van der Waals surface area contributed by atoms with Crippen LogP contribution in [0.2, 0.25) is 0 Å². The summed E-state index contributed by atoms with van der Waals surface area (Å²) in [6.45, 7) is 5.11. The number of amides is 1. The van der Waals surface area contributed by atoms with Crippen LogP contribution < -0.4 is 15.5 Å². The first-order valence-electron chi connectivity index (χ1n) is 10.4. The summed E-state index contributed by atoms with van der Waals surface area (Å²) >= 11 is 0. The van der Waals surface area contributed by atoms with Crippen molar-refractivity contribution >= 4 is 33.9 Å². The van der Waals surface area contributed by atoms with Crippen molar-refractivity contribution in [3.63, 3.8) is 0 Å². The van der Waals surface area contributed by atoms with Crippen LogP contribution in [0.4, 0.5) is 17.1 Å². The van der Waals surface area contributed by atoms with Gasteiger partial charge in [0.05, 0.1) is 11.2 Å². The highest BCUT2D eigenvalue weighted by Crippen LogP contribution is 2.24. The van der Waals surface area contributed by atoms with Gasteiger partial charge in [0.2, 0.25) is 5.91 Å². The van der Waals surface area contributed by atoms with Crippen LogP contribution in [0.5, 0.6) is 0 Å². The molecule has 1 saturated heterocycles. The molecule has 1 fully saturated rings. The Bertz CT molecular complexity index is 957. The van der Waals surface area contributed by atoms with Gasteiger partial charge in [0.15, 0.2) is 0 Å². The van der Waals surface area contributed by atoms with E-state index >= 15 is 0 Å². The minimum absolute atomic E-state index is 0.00485. The molecule has 2 aromatic carbocycles. The minimum atomic E-state index is 0.00485. The highest BCUT2D eigenvalue weighted by Gasteiger charge is 2.15. The summed E-state index contributed by atoms with van der Waals surface area (Å²) in [4.78, 5) is 19.2. The fourth-order valence-corrected chi connectivity index (χ4v) is 3.80. The van der Waals surface area contributed by atoms with Crippen molar-refractivity contribution in [3.8, 4) is 0 Å². The molecule has 4 rings (SSSR count). The summed E-state index contributed by atoms with van der Waals surface area (Å²) in [5.41, 5.74) is 3.96. The van der Waals surface area contributed by atoms with Crippen molar-refractivity contribution < 1.29 is 4.79 Å². The fraction of sp³-hybridized carbons (Fsp3) is 0.333. The topological polar surface area (TPSA) is 57.3 Å². The first-order valence-corrected chi connectivity index (χ1v) is 10.4. The van der Waals surface area contributed by atoms with Gasteiger partial charge in [0, 0.05) is 49.0 Å². The van der Waals surface area contributed by atoms with Crippen LogP contribution in [0.1, 0.15) is 26.2 Å². The number of nitrogens with zero attached hydrogens (tertiary/aromatic N) is 2. The Morgan fingerprint density at radius 1 is 1.07 bits per heavy atom. The van der Waals surface area contributed by atoms with E-state index in [1.165, 1.54) is 18.5 Å². The van der Waals surface area contributed by atoms with Gasteiger partial charge in [-0.15, -0.1) is 0 Å². The van der Waals surface area contributed by atoms with Crippen molar-refractivity contribution in [2.45, 2.75) is 26.2 Å². The number of para-hydroxylation sites is 1. The van der Waals surface area contributed by atoms with E-state index in [4.69, 9.17) is 0 Å². The van der Waals surface area contributed by atoms with E-state index in [0.717, 1.165) is 41.3 Å². The number of hydrogen-bond acceptors (Lipinski definition) is 4. The number of anilines is 3. The molecular weight excluding hydrogens is 360 g/mol. The molecule has 1 amide bonds. The predicted octanol–water partition coefficient (Wildman–Crippen LogP) is 4.91. The Morgan fingerprint density at radius 2 is 1.83 bits per heavy atom. The summed E-state index contributed by atoms with van der Waals surface area (Å²) in [5.74, 6) is 0.827. The Hall–Kier alpha value is -3.08. The highest BCUT2D eigenvalue weighted by atomic mass is 16.1. The van der Waals surface area contributed by atoms with Crippen molar-refractivity contribution in [2.75, 3.05) is 35.2 Å². The van der Waals surface area contributed by atoms with E-state index < -0.39 is 0 Å². The van der Waals surface area contributed by atoms with Gasteiger partial charge < -0.3 is 15.5 Å². The molecule has 0 aliphatic carbocycles. The number of pyridine rings is 1. The molecule has 0 radical (unpaired) electrons. The molecule has 0 saturated carbocycles. The second-order valence-corrected chi connectivity index (χ2v) is 7.82. The summed E-state index contributed by atoms with van der Waals surface area (Å²) in [7, 11) is 0. The van der Waals surface area contributed by atoms with Crippen molar-refractivity contribution in [1.82, 2.24) is 4.98 Å². The first kappa shape index (κ1) is 19.2. The zero-order chi connectivity index (χ0) is 20.1. The predicted molar refractivity (Wildman–Crippen MR) is 121 cm³/mol. The molecule has 5 nitrogen and oxygen atoms in total. The average molecular weight is 389 g/mol. The number of carbonyl (C=O) groups is 1. The van der Waals surface area contributed by atoms with Gasteiger partial charge in [0.1, 0.15) is 0 Å². The molecule has 1 aliphatic heterocycles. The van der Waals surface area contributed by atoms with E-state index in [-0.39, 0.29) is 5.91 Å². The summed E-state index contributed by atoms with van der Waals surface area (Å²) in [5, 5.41) is 7.41. The largest absolute Gasteiger partial charge is 0.383 e. The molecule has 3 aromatic rings. The molecule has 5 heteroatoms. The maximum absolute atomic E-state index is 12.3. The number of hydrogen-bond donors (Lipinski definition) is 2. The smallest absolute Gasteiger partial charge is 0.226 e. The molecule has 0 unspecified atom stereocenters. The lowest BCUT2D eigenvalue weighted by molar-refractivity contribution is -0.115. The van der Waals surface area contributed by atoms with Crippen LogP contribution in [0, 0.1) is 5.92 Å². The summed E-state index contributed by atoms with van der Waals surface area (Å²) in [6, 6.07) is 18.2. The standard InChI is InChI=1S/C24H28N4O/c1-18-12-16-28(17-13-18)21-9-7-20(8-10-21)27-23(29)11-15-25-22-6-2-4-19-5-3-14-26-24(19)22/h2-10,14,18,25H,11-13,15-17H2,1H3,(H,27,29). The number of nitrogens with one attached hydrogen (secondary N) is 2. The molecule has 1 aromatic heterocycles. The molecule has 1 aliphatic rings. The van der Waals surface area contributed by atoms with E-state index in [2.05, 4.69) is 39.6 Å².